The summed E-state index contributed by atoms with van der Waals surface area (Å²) in [6, 6.07) is 10.1. The lowest BCUT2D eigenvalue weighted by molar-refractivity contribution is 0.0990. The first-order valence-electron chi connectivity index (χ1n) is 9.06. The third-order valence-electron chi connectivity index (χ3n) is 4.47. The molecule has 0 atom stereocenters. The summed E-state index contributed by atoms with van der Waals surface area (Å²) in [6.45, 7) is 3.56. The maximum atomic E-state index is 13.2. The zero-order valence-electron chi connectivity index (χ0n) is 15.3. The van der Waals surface area contributed by atoms with Crippen LogP contribution in [0.25, 0.3) is 10.2 Å². The van der Waals surface area contributed by atoms with Crippen molar-refractivity contribution >= 4 is 59.9 Å². The van der Waals surface area contributed by atoms with Crippen LogP contribution < -0.4 is 4.90 Å². The van der Waals surface area contributed by atoms with Crippen LogP contribution in [0.1, 0.15) is 28.6 Å². The van der Waals surface area contributed by atoms with E-state index in [0.29, 0.717) is 11.4 Å². The molecule has 0 aliphatic rings. The van der Waals surface area contributed by atoms with Gasteiger partial charge in [-0.3, -0.25) is 9.69 Å². The van der Waals surface area contributed by atoms with Gasteiger partial charge in [-0.05, 0) is 58.6 Å². The van der Waals surface area contributed by atoms with E-state index in [1.165, 1.54) is 16.9 Å². The van der Waals surface area contributed by atoms with E-state index in [2.05, 4.69) is 40.0 Å². The molecule has 3 aromatic heterocycles. The minimum Gasteiger partial charge on any atom is -0.337 e. The molecule has 144 valence electrons. The van der Waals surface area contributed by atoms with E-state index in [0.717, 1.165) is 38.5 Å². The zero-order valence-corrected chi connectivity index (χ0v) is 18.6. The fourth-order valence-corrected chi connectivity index (χ4v) is 5.36. The molecule has 1 amide bonds. The number of carbonyl (C=O) groups excluding carboxylic acids is 1. The Morgan fingerprint density at radius 3 is 2.86 bits per heavy atom. The van der Waals surface area contributed by atoms with Crippen LogP contribution in [-0.4, -0.2) is 27.0 Å². The van der Waals surface area contributed by atoms with Gasteiger partial charge in [0.05, 0.1) is 25.2 Å². The number of aromatic nitrogens is 3. The normalized spacial score (nSPS) is 11.2. The van der Waals surface area contributed by atoms with Crippen LogP contribution in [-0.2, 0) is 13.0 Å². The van der Waals surface area contributed by atoms with Crippen LogP contribution >= 0.6 is 38.6 Å². The van der Waals surface area contributed by atoms with Gasteiger partial charge in [0, 0.05) is 25.5 Å². The van der Waals surface area contributed by atoms with Gasteiger partial charge in [0.2, 0.25) is 0 Å². The first kappa shape index (κ1) is 19.3. The quantitative estimate of drug-likeness (QED) is 0.349. The molecule has 3 heterocycles. The topological polar surface area (TPSA) is 51.0 Å². The number of hydrogen-bond acceptors (Lipinski definition) is 5. The Morgan fingerprint density at radius 2 is 2.14 bits per heavy atom. The fourth-order valence-electron chi connectivity index (χ4n) is 2.97. The highest BCUT2D eigenvalue weighted by molar-refractivity contribution is 9.11. The van der Waals surface area contributed by atoms with Crippen molar-refractivity contribution in [3.05, 3.63) is 63.3 Å². The number of amides is 1. The molecule has 0 aliphatic heterocycles. The van der Waals surface area contributed by atoms with Crippen LogP contribution in [0.3, 0.4) is 0 Å². The van der Waals surface area contributed by atoms with Crippen molar-refractivity contribution in [3.8, 4) is 0 Å². The van der Waals surface area contributed by atoms with E-state index in [1.54, 1.807) is 23.9 Å². The van der Waals surface area contributed by atoms with Gasteiger partial charge < -0.3 is 4.57 Å². The number of fused-ring (bicyclic) bond motifs is 1. The van der Waals surface area contributed by atoms with Gasteiger partial charge in [-0.15, -0.1) is 11.3 Å². The van der Waals surface area contributed by atoms with Crippen molar-refractivity contribution in [2.75, 3.05) is 11.4 Å². The molecule has 0 unspecified atom stereocenters. The molecule has 0 saturated carbocycles. The summed E-state index contributed by atoms with van der Waals surface area (Å²) in [4.78, 5) is 24.6. The number of anilines is 1. The predicted molar refractivity (Wildman–Crippen MR) is 120 cm³/mol. The molecular formula is C20H19BrN4OS2. The molecule has 5 nitrogen and oxygen atoms in total. The minimum atomic E-state index is -0.00361. The van der Waals surface area contributed by atoms with Crippen molar-refractivity contribution < 1.29 is 4.79 Å². The zero-order chi connectivity index (χ0) is 19.5. The monoisotopic (exact) mass is 474 g/mol. The number of rotatable bonds is 7. The van der Waals surface area contributed by atoms with Gasteiger partial charge >= 0.3 is 0 Å². The van der Waals surface area contributed by atoms with Crippen LogP contribution in [0.2, 0.25) is 0 Å². The maximum Gasteiger partial charge on any atom is 0.270 e. The summed E-state index contributed by atoms with van der Waals surface area (Å²) < 4.78 is 4.09. The molecule has 1 aromatic carbocycles. The summed E-state index contributed by atoms with van der Waals surface area (Å²) in [5, 5.41) is 0.753. The highest BCUT2D eigenvalue weighted by atomic mass is 79.9. The van der Waals surface area contributed by atoms with Gasteiger partial charge in [0.25, 0.3) is 5.91 Å². The lowest BCUT2D eigenvalue weighted by Gasteiger charge is -2.19. The van der Waals surface area contributed by atoms with E-state index in [4.69, 9.17) is 4.98 Å². The van der Waals surface area contributed by atoms with E-state index in [-0.39, 0.29) is 5.91 Å². The molecule has 28 heavy (non-hydrogen) atoms. The minimum absolute atomic E-state index is 0.00361. The van der Waals surface area contributed by atoms with Gasteiger partial charge in [-0.25, -0.2) is 9.97 Å². The second kappa shape index (κ2) is 8.55. The number of hydrogen-bond donors (Lipinski definition) is 0. The number of carbonyl (C=O) groups is 1. The molecular weight excluding hydrogens is 456 g/mol. The van der Waals surface area contributed by atoms with E-state index < -0.39 is 0 Å². The van der Waals surface area contributed by atoms with Gasteiger partial charge in [-0.1, -0.05) is 24.3 Å². The lowest BCUT2D eigenvalue weighted by Crippen LogP contribution is -2.31. The van der Waals surface area contributed by atoms with Crippen molar-refractivity contribution in [2.24, 2.45) is 0 Å². The highest BCUT2D eigenvalue weighted by Gasteiger charge is 2.22. The van der Waals surface area contributed by atoms with E-state index in [1.807, 2.05) is 33.9 Å². The smallest absolute Gasteiger partial charge is 0.270 e. The molecule has 8 heteroatoms. The first-order valence-corrected chi connectivity index (χ1v) is 11.5. The largest absolute Gasteiger partial charge is 0.337 e. The Balaban J connectivity index is 1.62. The number of aryl methyl sites for hydroxylation is 2. The molecule has 0 saturated heterocycles. The van der Waals surface area contributed by atoms with Crippen LogP contribution in [0.5, 0.6) is 0 Å². The average molecular weight is 475 g/mol. The van der Waals surface area contributed by atoms with Crippen molar-refractivity contribution in [1.82, 2.24) is 14.5 Å². The summed E-state index contributed by atoms with van der Waals surface area (Å²) in [7, 11) is 0. The Kier molecular flexibility index (Phi) is 5.89. The Bertz CT molecular complexity index is 1090. The highest BCUT2D eigenvalue weighted by Crippen LogP contribution is 2.32. The molecule has 0 N–H and O–H groups in total. The van der Waals surface area contributed by atoms with Gasteiger partial charge in [0.1, 0.15) is 0 Å². The molecule has 4 aromatic rings. The van der Waals surface area contributed by atoms with Crippen LogP contribution in [0, 0.1) is 0 Å². The number of benzene rings is 1. The SMILES string of the molecule is CCc1ccc2nc(N(CCCn3ccnc3)C(=O)c3ccc(Br)s3)sc2c1. The van der Waals surface area contributed by atoms with Crippen molar-refractivity contribution in [1.29, 1.82) is 0 Å². The van der Waals surface area contributed by atoms with Crippen LogP contribution in [0.4, 0.5) is 5.13 Å². The third-order valence-corrected chi connectivity index (χ3v) is 7.12. The molecule has 0 bridgehead atoms. The van der Waals surface area contributed by atoms with Gasteiger partial charge in [0.15, 0.2) is 5.13 Å². The Hall–Kier alpha value is -2.03. The van der Waals surface area contributed by atoms with Crippen molar-refractivity contribution in [2.45, 2.75) is 26.3 Å². The average Bonchev–Trinajstić information content (AvgIpc) is 3.44. The van der Waals surface area contributed by atoms with Crippen LogP contribution in [0.15, 0.2) is 52.8 Å². The van der Waals surface area contributed by atoms with Crippen molar-refractivity contribution in [3.63, 3.8) is 0 Å². The molecule has 0 radical (unpaired) electrons. The number of halogens is 1. The predicted octanol–water partition coefficient (Wildman–Crippen LogP) is 5.62. The number of thiophene rings is 1. The van der Waals surface area contributed by atoms with E-state index >= 15 is 0 Å². The molecule has 0 spiro atoms. The second-order valence-electron chi connectivity index (χ2n) is 6.37. The standard InChI is InChI=1S/C20H19BrN4OS2/c1-2-14-4-5-15-17(12-14)28-20(23-15)25(10-3-9-24-11-8-22-13-24)19(26)16-6-7-18(21)27-16/h4-8,11-13H,2-3,9-10H2,1H3. The fraction of sp³-hybridized carbons (Fsp3) is 0.250. The lowest BCUT2D eigenvalue weighted by atomic mass is 10.2. The number of thiazole rings is 1. The first-order chi connectivity index (χ1) is 13.6. The summed E-state index contributed by atoms with van der Waals surface area (Å²) in [5.74, 6) is -0.00361. The summed E-state index contributed by atoms with van der Waals surface area (Å²) >= 11 is 6.48. The molecule has 0 aliphatic carbocycles. The molecule has 0 fully saturated rings. The second-order valence-corrected chi connectivity index (χ2v) is 9.84. The summed E-state index contributed by atoms with van der Waals surface area (Å²) in [6.07, 6.45) is 7.31. The Morgan fingerprint density at radius 1 is 1.25 bits per heavy atom. The number of imidazole rings is 1. The van der Waals surface area contributed by atoms with E-state index in [9.17, 15) is 4.79 Å². The van der Waals surface area contributed by atoms with Gasteiger partial charge in [-0.2, -0.15) is 0 Å². The summed E-state index contributed by atoms with van der Waals surface area (Å²) in [5.41, 5.74) is 2.22. The molecule has 4 rings (SSSR count). The third kappa shape index (κ3) is 4.19. The number of nitrogens with zero attached hydrogens (tertiary/aromatic N) is 4. The Labute approximate surface area is 179 Å². The maximum absolute atomic E-state index is 13.2.